The predicted octanol–water partition coefficient (Wildman–Crippen LogP) is 4.41. The van der Waals surface area contributed by atoms with Gasteiger partial charge in [0.25, 0.3) is 5.91 Å². The van der Waals surface area contributed by atoms with E-state index in [1.165, 1.54) is 17.0 Å². The first-order valence-corrected chi connectivity index (χ1v) is 10.2. The summed E-state index contributed by atoms with van der Waals surface area (Å²) < 4.78 is 14.9. The van der Waals surface area contributed by atoms with E-state index in [0.717, 1.165) is 5.69 Å². The number of halogens is 1. The van der Waals surface area contributed by atoms with Crippen molar-refractivity contribution in [2.24, 2.45) is 0 Å². The Balaban J connectivity index is 1.83. The Kier molecular flexibility index (Phi) is 6.53. The molecular formula is C24H27FN4O2. The van der Waals surface area contributed by atoms with E-state index in [4.69, 9.17) is 0 Å². The van der Waals surface area contributed by atoms with E-state index in [1.807, 2.05) is 33.8 Å². The smallest absolute Gasteiger partial charge is 0.254 e. The summed E-state index contributed by atoms with van der Waals surface area (Å²) in [6.07, 6.45) is 0. The minimum Gasteiger partial charge on any atom is -0.330 e. The summed E-state index contributed by atoms with van der Waals surface area (Å²) in [6.45, 7) is 8.19. The maximum Gasteiger partial charge on any atom is 0.254 e. The molecule has 162 valence electrons. The van der Waals surface area contributed by atoms with Crippen molar-refractivity contribution in [1.82, 2.24) is 14.7 Å². The van der Waals surface area contributed by atoms with Crippen molar-refractivity contribution in [1.29, 1.82) is 0 Å². The minimum absolute atomic E-state index is 0.0936. The quantitative estimate of drug-likeness (QED) is 0.640. The lowest BCUT2D eigenvalue weighted by Crippen LogP contribution is -2.38. The number of nitrogens with zero attached hydrogens (tertiary/aromatic N) is 3. The number of carbonyl (C=O) groups excluding carboxylic acids is 2. The van der Waals surface area contributed by atoms with Gasteiger partial charge in [0.1, 0.15) is 18.2 Å². The van der Waals surface area contributed by atoms with E-state index in [2.05, 4.69) is 10.4 Å². The second-order valence-electron chi connectivity index (χ2n) is 8.29. The van der Waals surface area contributed by atoms with Crippen molar-refractivity contribution in [3.05, 3.63) is 77.7 Å². The number of rotatable bonds is 6. The molecule has 0 saturated carbocycles. The average molecular weight is 423 g/mol. The van der Waals surface area contributed by atoms with Crippen molar-refractivity contribution in [2.45, 2.75) is 33.1 Å². The maximum atomic E-state index is 13.4. The van der Waals surface area contributed by atoms with E-state index in [-0.39, 0.29) is 29.6 Å². The van der Waals surface area contributed by atoms with Crippen LogP contribution >= 0.6 is 0 Å². The summed E-state index contributed by atoms with van der Waals surface area (Å²) in [5, 5.41) is 7.48. The summed E-state index contributed by atoms with van der Waals surface area (Å²) >= 11 is 0. The number of carbonyl (C=O) groups is 2. The van der Waals surface area contributed by atoms with Crippen LogP contribution in [0, 0.1) is 5.82 Å². The molecule has 0 spiro atoms. The van der Waals surface area contributed by atoms with Gasteiger partial charge >= 0.3 is 0 Å². The van der Waals surface area contributed by atoms with E-state index in [9.17, 15) is 14.0 Å². The Labute approximate surface area is 181 Å². The summed E-state index contributed by atoms with van der Waals surface area (Å²) in [7, 11) is 0. The molecule has 2 aromatic carbocycles. The monoisotopic (exact) mass is 422 g/mol. The first-order valence-electron chi connectivity index (χ1n) is 10.2. The average Bonchev–Trinajstić information content (AvgIpc) is 3.17. The molecule has 0 aliphatic rings. The van der Waals surface area contributed by atoms with Crippen LogP contribution in [0.2, 0.25) is 0 Å². The molecule has 0 aliphatic carbocycles. The second-order valence-corrected chi connectivity index (χ2v) is 8.29. The Bertz CT molecular complexity index is 1050. The summed E-state index contributed by atoms with van der Waals surface area (Å²) in [5.74, 6) is -0.434. The number of hydrogen-bond acceptors (Lipinski definition) is 3. The number of benzene rings is 2. The van der Waals surface area contributed by atoms with Crippen LogP contribution in [0.15, 0.2) is 60.7 Å². The molecular weight excluding hydrogens is 395 g/mol. The van der Waals surface area contributed by atoms with Gasteiger partial charge in [-0.15, -0.1) is 0 Å². The summed E-state index contributed by atoms with van der Waals surface area (Å²) in [6, 6.07) is 16.5. The van der Waals surface area contributed by atoms with E-state index in [0.29, 0.717) is 23.6 Å². The number of hydrogen-bond donors (Lipinski definition) is 1. The topological polar surface area (TPSA) is 67.2 Å². The van der Waals surface area contributed by atoms with Crippen molar-refractivity contribution in [2.75, 3.05) is 18.4 Å². The molecule has 0 unspecified atom stereocenters. The zero-order chi connectivity index (χ0) is 22.6. The van der Waals surface area contributed by atoms with Crippen LogP contribution in [0.5, 0.6) is 0 Å². The van der Waals surface area contributed by atoms with E-state index >= 15 is 0 Å². The molecule has 2 amide bonds. The third-order valence-electron chi connectivity index (χ3n) is 4.84. The Morgan fingerprint density at radius 2 is 1.71 bits per heavy atom. The fourth-order valence-electron chi connectivity index (χ4n) is 3.06. The molecule has 1 aromatic heterocycles. The molecule has 7 heteroatoms. The van der Waals surface area contributed by atoms with Gasteiger partial charge in [-0.2, -0.15) is 5.10 Å². The number of aromatic nitrogens is 2. The molecule has 0 atom stereocenters. The molecule has 0 aliphatic heterocycles. The minimum atomic E-state index is -0.351. The lowest BCUT2D eigenvalue weighted by atomic mass is 9.92. The highest BCUT2D eigenvalue weighted by atomic mass is 19.1. The summed E-state index contributed by atoms with van der Waals surface area (Å²) in [5.41, 5.74) is 1.69. The van der Waals surface area contributed by atoms with Crippen LogP contribution in [0.25, 0.3) is 5.69 Å². The molecule has 31 heavy (non-hydrogen) atoms. The van der Waals surface area contributed by atoms with Crippen molar-refractivity contribution < 1.29 is 14.0 Å². The van der Waals surface area contributed by atoms with Crippen LogP contribution in [-0.2, 0) is 10.2 Å². The number of nitrogens with one attached hydrogen (secondary N) is 1. The zero-order valence-corrected chi connectivity index (χ0v) is 18.2. The van der Waals surface area contributed by atoms with Gasteiger partial charge in [-0.25, -0.2) is 9.07 Å². The molecule has 1 heterocycles. The maximum absolute atomic E-state index is 13.4. The number of anilines is 1. The van der Waals surface area contributed by atoms with Gasteiger partial charge in [-0.1, -0.05) is 39.0 Å². The molecule has 0 saturated heterocycles. The van der Waals surface area contributed by atoms with E-state index < -0.39 is 0 Å². The lowest BCUT2D eigenvalue weighted by molar-refractivity contribution is -0.116. The Hall–Kier alpha value is -3.48. The van der Waals surface area contributed by atoms with Gasteiger partial charge in [-0.3, -0.25) is 9.59 Å². The summed E-state index contributed by atoms with van der Waals surface area (Å²) in [4.78, 5) is 27.0. The first kappa shape index (κ1) is 22.2. The predicted molar refractivity (Wildman–Crippen MR) is 119 cm³/mol. The Morgan fingerprint density at radius 3 is 2.29 bits per heavy atom. The highest BCUT2D eigenvalue weighted by Crippen LogP contribution is 2.26. The lowest BCUT2D eigenvalue weighted by Gasteiger charge is -2.20. The van der Waals surface area contributed by atoms with Crippen molar-refractivity contribution in [3.8, 4) is 5.69 Å². The van der Waals surface area contributed by atoms with Gasteiger partial charge in [0.2, 0.25) is 5.91 Å². The Morgan fingerprint density at radius 1 is 1.06 bits per heavy atom. The van der Waals surface area contributed by atoms with Crippen LogP contribution in [0.1, 0.15) is 43.7 Å². The standard InChI is InChI=1S/C24H27FN4O2/c1-5-28(23(31)17-9-7-6-8-10-17)16-22(30)26-21-15-20(24(2,3)4)27-29(21)19-13-11-18(25)12-14-19/h6-15H,5,16H2,1-4H3,(H,26,30). The molecule has 1 N–H and O–H groups in total. The molecule has 6 nitrogen and oxygen atoms in total. The largest absolute Gasteiger partial charge is 0.330 e. The fraction of sp³-hybridized carbons (Fsp3) is 0.292. The molecule has 0 radical (unpaired) electrons. The SMILES string of the molecule is CCN(CC(=O)Nc1cc(C(C)(C)C)nn1-c1ccc(F)cc1)C(=O)c1ccccc1. The molecule has 3 aromatic rings. The van der Waals surface area contributed by atoms with E-state index in [1.54, 1.807) is 47.1 Å². The third kappa shape index (κ3) is 5.36. The van der Waals surface area contributed by atoms with Crippen LogP contribution in [-0.4, -0.2) is 39.6 Å². The first-order chi connectivity index (χ1) is 14.7. The van der Waals surface area contributed by atoms with Crippen molar-refractivity contribution in [3.63, 3.8) is 0 Å². The molecule has 0 fully saturated rings. The van der Waals surface area contributed by atoms with Gasteiger partial charge in [0.15, 0.2) is 0 Å². The second kappa shape index (κ2) is 9.12. The molecule has 3 rings (SSSR count). The third-order valence-corrected chi connectivity index (χ3v) is 4.84. The fourth-order valence-corrected chi connectivity index (χ4v) is 3.06. The van der Waals surface area contributed by atoms with Crippen LogP contribution < -0.4 is 5.32 Å². The van der Waals surface area contributed by atoms with Gasteiger partial charge < -0.3 is 10.2 Å². The van der Waals surface area contributed by atoms with Crippen LogP contribution in [0.4, 0.5) is 10.2 Å². The van der Waals surface area contributed by atoms with Crippen LogP contribution in [0.3, 0.4) is 0 Å². The van der Waals surface area contributed by atoms with Gasteiger partial charge in [-0.05, 0) is 43.3 Å². The van der Waals surface area contributed by atoms with Gasteiger partial charge in [0.05, 0.1) is 11.4 Å². The zero-order valence-electron chi connectivity index (χ0n) is 18.2. The number of amides is 2. The van der Waals surface area contributed by atoms with Gasteiger partial charge in [0, 0.05) is 23.6 Å². The molecule has 0 bridgehead atoms. The highest BCUT2D eigenvalue weighted by molar-refractivity contribution is 5.99. The number of likely N-dealkylation sites (N-methyl/N-ethyl adjacent to an activating group) is 1. The normalized spacial score (nSPS) is 11.3. The van der Waals surface area contributed by atoms with Crippen molar-refractivity contribution >= 4 is 17.6 Å². The highest BCUT2D eigenvalue weighted by Gasteiger charge is 2.23.